The van der Waals surface area contributed by atoms with Crippen molar-refractivity contribution in [1.82, 2.24) is 4.90 Å². The Morgan fingerprint density at radius 3 is 2.24 bits per heavy atom. The molecular formula is C25H26N2O6S. The predicted octanol–water partition coefficient (Wildman–Crippen LogP) is 3.71. The summed E-state index contributed by atoms with van der Waals surface area (Å²) in [5, 5.41) is 0. The summed E-state index contributed by atoms with van der Waals surface area (Å²) in [5.41, 5.74) is 2.68. The van der Waals surface area contributed by atoms with Gasteiger partial charge in [-0.15, -0.1) is 0 Å². The topological polar surface area (TPSA) is 94.2 Å². The van der Waals surface area contributed by atoms with Gasteiger partial charge in [-0.05, 0) is 60.0 Å². The van der Waals surface area contributed by atoms with Gasteiger partial charge in [0.1, 0.15) is 5.75 Å². The molecule has 3 aromatic rings. The van der Waals surface area contributed by atoms with E-state index >= 15 is 0 Å². The van der Waals surface area contributed by atoms with Crippen molar-refractivity contribution >= 4 is 21.6 Å². The first-order valence-electron chi connectivity index (χ1n) is 10.6. The average molecular weight is 483 g/mol. The first-order valence-corrected chi connectivity index (χ1v) is 12.1. The lowest BCUT2D eigenvalue weighted by Crippen LogP contribution is -2.36. The van der Waals surface area contributed by atoms with E-state index < -0.39 is 10.0 Å². The molecule has 8 nitrogen and oxygen atoms in total. The zero-order valence-electron chi connectivity index (χ0n) is 19.2. The van der Waals surface area contributed by atoms with Crippen molar-refractivity contribution in [2.24, 2.45) is 0 Å². The maximum atomic E-state index is 13.3. The quantitative estimate of drug-likeness (QED) is 0.552. The van der Waals surface area contributed by atoms with Gasteiger partial charge in [-0.2, -0.15) is 0 Å². The Bertz CT molecular complexity index is 1320. The van der Waals surface area contributed by atoms with Gasteiger partial charge < -0.3 is 19.1 Å². The summed E-state index contributed by atoms with van der Waals surface area (Å²) in [7, 11) is 0.698. The fraction of sp³-hybridized carbons (Fsp3) is 0.240. The van der Waals surface area contributed by atoms with Crippen LogP contribution in [0.15, 0.2) is 65.6 Å². The Hall–Kier alpha value is -3.72. The molecule has 9 heteroatoms. The van der Waals surface area contributed by atoms with Gasteiger partial charge >= 0.3 is 0 Å². The normalized spacial score (nSPS) is 13.1. The largest absolute Gasteiger partial charge is 0.495 e. The molecule has 0 spiro atoms. The van der Waals surface area contributed by atoms with Gasteiger partial charge in [0.25, 0.3) is 15.9 Å². The number of nitrogens with zero attached hydrogens (tertiary/aromatic N) is 1. The number of methoxy groups -OCH3 is 3. The Labute approximate surface area is 199 Å². The molecule has 1 heterocycles. The molecule has 0 aromatic heterocycles. The smallest absolute Gasteiger partial charge is 0.262 e. The van der Waals surface area contributed by atoms with Crippen molar-refractivity contribution in [3.8, 4) is 17.2 Å². The number of amides is 1. The van der Waals surface area contributed by atoms with E-state index in [2.05, 4.69) is 4.72 Å². The van der Waals surface area contributed by atoms with Crippen molar-refractivity contribution in [3.63, 3.8) is 0 Å². The van der Waals surface area contributed by atoms with Crippen LogP contribution in [0.3, 0.4) is 0 Å². The number of carbonyl (C=O) groups excluding carboxylic acids is 1. The molecule has 0 fully saturated rings. The van der Waals surface area contributed by atoms with E-state index in [4.69, 9.17) is 14.2 Å². The van der Waals surface area contributed by atoms with Crippen molar-refractivity contribution in [2.45, 2.75) is 17.9 Å². The number of nitrogens with one attached hydrogen (secondary N) is 1. The van der Waals surface area contributed by atoms with E-state index in [9.17, 15) is 13.2 Å². The van der Waals surface area contributed by atoms with Crippen LogP contribution in [-0.4, -0.2) is 47.1 Å². The van der Waals surface area contributed by atoms with Gasteiger partial charge in [0.05, 0.1) is 31.9 Å². The van der Waals surface area contributed by atoms with Gasteiger partial charge in [0.15, 0.2) is 11.5 Å². The Morgan fingerprint density at radius 2 is 1.53 bits per heavy atom. The van der Waals surface area contributed by atoms with Crippen molar-refractivity contribution < 1.29 is 27.4 Å². The monoisotopic (exact) mass is 482 g/mol. The lowest BCUT2D eigenvalue weighted by atomic mass is 9.98. The van der Waals surface area contributed by atoms with Crippen molar-refractivity contribution in [2.75, 3.05) is 32.6 Å². The average Bonchev–Trinajstić information content (AvgIpc) is 2.87. The highest BCUT2D eigenvalue weighted by Gasteiger charge is 2.25. The Kier molecular flexibility index (Phi) is 6.65. The number of hydrogen-bond acceptors (Lipinski definition) is 6. The molecule has 0 bridgehead atoms. The number of para-hydroxylation sites is 2. The molecular weight excluding hydrogens is 456 g/mol. The van der Waals surface area contributed by atoms with Crippen LogP contribution in [0.1, 0.15) is 21.5 Å². The minimum absolute atomic E-state index is 0.00642. The van der Waals surface area contributed by atoms with Gasteiger partial charge in [-0.1, -0.05) is 18.2 Å². The van der Waals surface area contributed by atoms with E-state index in [-0.39, 0.29) is 10.8 Å². The third kappa shape index (κ3) is 4.65. The number of benzene rings is 3. The molecule has 178 valence electrons. The van der Waals surface area contributed by atoms with E-state index in [0.29, 0.717) is 48.0 Å². The highest BCUT2D eigenvalue weighted by molar-refractivity contribution is 7.92. The van der Waals surface area contributed by atoms with Gasteiger partial charge in [-0.25, -0.2) is 8.42 Å². The first kappa shape index (κ1) is 23.4. The third-order valence-electron chi connectivity index (χ3n) is 5.75. The Balaban J connectivity index is 1.57. The molecule has 4 rings (SSSR count). The van der Waals surface area contributed by atoms with E-state index in [0.717, 1.165) is 11.1 Å². The number of anilines is 1. The van der Waals surface area contributed by atoms with Crippen LogP contribution in [0.4, 0.5) is 5.69 Å². The minimum atomic E-state index is -3.93. The summed E-state index contributed by atoms with van der Waals surface area (Å²) < 4.78 is 44.5. The molecule has 3 aromatic carbocycles. The maximum absolute atomic E-state index is 13.3. The van der Waals surface area contributed by atoms with Gasteiger partial charge in [0.2, 0.25) is 0 Å². The fourth-order valence-corrected chi connectivity index (χ4v) is 5.08. The van der Waals surface area contributed by atoms with Crippen LogP contribution in [0.5, 0.6) is 17.2 Å². The van der Waals surface area contributed by atoms with Crippen molar-refractivity contribution in [1.29, 1.82) is 0 Å². The van der Waals surface area contributed by atoms with Gasteiger partial charge in [-0.3, -0.25) is 9.52 Å². The van der Waals surface area contributed by atoms with Crippen LogP contribution >= 0.6 is 0 Å². The minimum Gasteiger partial charge on any atom is -0.495 e. The second kappa shape index (κ2) is 9.64. The van der Waals surface area contributed by atoms with Crippen LogP contribution in [0, 0.1) is 0 Å². The first-order chi connectivity index (χ1) is 16.4. The summed E-state index contributed by atoms with van der Waals surface area (Å²) in [6, 6.07) is 16.6. The number of rotatable bonds is 7. The fourth-order valence-electron chi connectivity index (χ4n) is 3.97. The lowest BCUT2D eigenvalue weighted by Gasteiger charge is -2.30. The molecule has 1 amide bonds. The zero-order chi connectivity index (χ0) is 24.3. The van der Waals surface area contributed by atoms with Crippen LogP contribution in [0.2, 0.25) is 0 Å². The second-order valence-electron chi connectivity index (χ2n) is 7.79. The predicted molar refractivity (Wildman–Crippen MR) is 128 cm³/mol. The summed E-state index contributed by atoms with van der Waals surface area (Å²) in [5.74, 6) is 1.42. The molecule has 0 radical (unpaired) electrons. The van der Waals surface area contributed by atoms with Crippen molar-refractivity contribution in [3.05, 3.63) is 77.4 Å². The van der Waals surface area contributed by atoms with E-state index in [1.807, 2.05) is 12.1 Å². The SMILES string of the molecule is COc1ccccc1NS(=O)(=O)c1cccc(C(=O)N2CCc3cc(OC)c(OC)cc3C2)c1. The molecule has 0 unspecified atom stereocenters. The molecule has 0 atom stereocenters. The number of hydrogen-bond donors (Lipinski definition) is 1. The van der Waals surface area contributed by atoms with Gasteiger partial charge in [0, 0.05) is 18.7 Å². The highest BCUT2D eigenvalue weighted by atomic mass is 32.2. The van der Waals surface area contributed by atoms with Crippen LogP contribution in [0.25, 0.3) is 0 Å². The summed E-state index contributed by atoms with van der Waals surface area (Å²) >= 11 is 0. The number of sulfonamides is 1. The second-order valence-corrected chi connectivity index (χ2v) is 9.47. The Morgan fingerprint density at radius 1 is 0.853 bits per heavy atom. The molecule has 0 saturated heterocycles. The molecule has 0 aliphatic carbocycles. The van der Waals surface area contributed by atoms with E-state index in [1.54, 1.807) is 55.5 Å². The zero-order valence-corrected chi connectivity index (χ0v) is 20.0. The highest BCUT2D eigenvalue weighted by Crippen LogP contribution is 2.33. The van der Waals surface area contributed by atoms with E-state index in [1.165, 1.54) is 19.2 Å². The summed E-state index contributed by atoms with van der Waals surface area (Å²) in [6.07, 6.45) is 0.661. The summed E-state index contributed by atoms with van der Waals surface area (Å²) in [4.78, 5) is 15.0. The molecule has 34 heavy (non-hydrogen) atoms. The molecule has 1 N–H and O–H groups in total. The molecule has 1 aliphatic heterocycles. The summed E-state index contributed by atoms with van der Waals surface area (Å²) in [6.45, 7) is 0.905. The lowest BCUT2D eigenvalue weighted by molar-refractivity contribution is 0.0734. The maximum Gasteiger partial charge on any atom is 0.262 e. The number of ether oxygens (including phenoxy) is 3. The van der Waals surface area contributed by atoms with Crippen LogP contribution in [-0.2, 0) is 23.0 Å². The molecule has 1 aliphatic rings. The number of carbonyl (C=O) groups is 1. The standard InChI is InChI=1S/C25H26N2O6S/c1-31-22-10-5-4-9-21(22)26-34(29,30)20-8-6-7-18(13-20)25(28)27-12-11-17-14-23(32-2)24(33-3)15-19(17)16-27/h4-10,13-15,26H,11-12,16H2,1-3H3. The number of fused-ring (bicyclic) bond motifs is 1. The van der Waals surface area contributed by atoms with Crippen LogP contribution < -0.4 is 18.9 Å². The third-order valence-corrected chi connectivity index (χ3v) is 7.11. The molecule has 0 saturated carbocycles.